The minimum Gasteiger partial charge on any atom is -0.392 e. The monoisotopic (exact) mass is 163 g/mol. The van der Waals surface area contributed by atoms with E-state index < -0.39 is 24.0 Å². The Labute approximate surface area is 64.4 Å². The predicted octanol–water partition coefficient (Wildman–Crippen LogP) is -2.22. The van der Waals surface area contributed by atoms with E-state index in [1.165, 1.54) is 6.92 Å². The Balaban J connectivity index is 2.78. The molecule has 0 unspecified atom stereocenters. The van der Waals surface area contributed by atoms with Gasteiger partial charge in [-0.05, 0) is 6.92 Å². The number of rotatable bonds is 1. The molecule has 1 aliphatic rings. The van der Waals surface area contributed by atoms with Crippen LogP contribution in [0.15, 0.2) is 0 Å². The van der Waals surface area contributed by atoms with Gasteiger partial charge in [-0.3, -0.25) is 5.73 Å². The summed E-state index contributed by atoms with van der Waals surface area (Å²) in [6.45, 7) is 0.831. The molecule has 0 bridgehead atoms. The molecule has 0 aromatic heterocycles. The highest BCUT2D eigenvalue weighted by atomic mass is 16.6. The Bertz CT molecular complexity index is 161. The van der Waals surface area contributed by atoms with E-state index in [1.54, 1.807) is 0 Å². The second kappa shape index (κ2) is 2.40. The van der Waals surface area contributed by atoms with E-state index in [-0.39, 0.29) is 6.61 Å². The van der Waals surface area contributed by atoms with Crippen LogP contribution in [0.2, 0.25) is 0 Å². The van der Waals surface area contributed by atoms with Crippen LogP contribution in [0.3, 0.4) is 0 Å². The minimum absolute atomic E-state index is 0.0643. The maximum absolute atomic E-state index is 9.36. The average molecular weight is 163 g/mol. The van der Waals surface area contributed by atoms with Crippen LogP contribution in [0.5, 0.6) is 0 Å². The molecule has 0 spiro atoms. The van der Waals surface area contributed by atoms with Gasteiger partial charge < -0.3 is 20.1 Å². The van der Waals surface area contributed by atoms with Crippen LogP contribution in [0.4, 0.5) is 0 Å². The zero-order valence-corrected chi connectivity index (χ0v) is 6.32. The van der Waals surface area contributed by atoms with Crippen molar-refractivity contribution in [2.75, 3.05) is 13.2 Å². The topological polar surface area (TPSA) is 95.9 Å². The van der Waals surface area contributed by atoms with Crippen molar-refractivity contribution in [3.8, 4) is 0 Å². The lowest BCUT2D eigenvalue weighted by Gasteiger charge is -2.27. The second-order valence-corrected chi connectivity index (χ2v) is 3.16. The van der Waals surface area contributed by atoms with Gasteiger partial charge in [-0.25, -0.2) is 0 Å². The third-order valence-electron chi connectivity index (χ3n) is 1.93. The van der Waals surface area contributed by atoms with Crippen LogP contribution in [0.25, 0.3) is 0 Å². The summed E-state index contributed by atoms with van der Waals surface area (Å²) < 4.78 is 4.84. The van der Waals surface area contributed by atoms with Crippen molar-refractivity contribution in [2.45, 2.75) is 24.4 Å². The van der Waals surface area contributed by atoms with Crippen LogP contribution in [-0.4, -0.2) is 46.0 Å². The highest BCUT2D eigenvalue weighted by Crippen LogP contribution is 2.28. The van der Waals surface area contributed by atoms with Gasteiger partial charge in [0.25, 0.3) is 0 Å². The molecular formula is C6H13NO4. The molecule has 0 aliphatic carbocycles. The largest absolute Gasteiger partial charge is 0.392 e. The first-order chi connectivity index (χ1) is 4.92. The summed E-state index contributed by atoms with van der Waals surface area (Å²) >= 11 is 0. The molecule has 0 aromatic rings. The molecule has 5 heteroatoms. The number of hydrogen-bond donors (Lipinski definition) is 4. The van der Waals surface area contributed by atoms with E-state index in [9.17, 15) is 10.2 Å². The van der Waals surface area contributed by atoms with Gasteiger partial charge >= 0.3 is 0 Å². The summed E-state index contributed by atoms with van der Waals surface area (Å²) in [6, 6.07) is 0. The van der Waals surface area contributed by atoms with Crippen molar-refractivity contribution in [2.24, 2.45) is 5.73 Å². The van der Waals surface area contributed by atoms with Crippen LogP contribution < -0.4 is 5.73 Å². The van der Waals surface area contributed by atoms with Crippen molar-refractivity contribution in [1.82, 2.24) is 0 Å². The van der Waals surface area contributed by atoms with Gasteiger partial charge in [-0.15, -0.1) is 0 Å². The third kappa shape index (κ3) is 1.25. The lowest BCUT2D eigenvalue weighted by atomic mass is 9.96. The number of hydrogen-bond acceptors (Lipinski definition) is 5. The molecular weight excluding hydrogens is 150 g/mol. The molecule has 0 saturated carbocycles. The predicted molar refractivity (Wildman–Crippen MR) is 36.6 cm³/mol. The smallest absolute Gasteiger partial charge is 0.169 e. The Hall–Kier alpha value is -0.200. The summed E-state index contributed by atoms with van der Waals surface area (Å²) in [4.78, 5) is 0. The van der Waals surface area contributed by atoms with Crippen molar-refractivity contribution in [3.05, 3.63) is 0 Å². The zero-order chi connectivity index (χ0) is 8.70. The van der Waals surface area contributed by atoms with Crippen LogP contribution in [-0.2, 0) is 4.74 Å². The lowest BCUT2D eigenvalue weighted by molar-refractivity contribution is -0.100. The number of ether oxygens (including phenoxy) is 1. The van der Waals surface area contributed by atoms with Crippen LogP contribution in [0.1, 0.15) is 6.92 Å². The standard InChI is InChI=1S/C6H13NO4/c1-5(10)3-11-6(7,2-8)4(5)9/h4,8-10H,2-3,7H2,1H3/t4-,5-,6+/m0/s1. The Morgan fingerprint density at radius 3 is 2.45 bits per heavy atom. The van der Waals surface area contributed by atoms with Gasteiger partial charge in [0.05, 0.1) is 13.2 Å². The van der Waals surface area contributed by atoms with E-state index in [4.69, 9.17) is 15.6 Å². The lowest BCUT2D eigenvalue weighted by Crippen LogP contribution is -2.56. The molecule has 0 radical (unpaired) electrons. The second-order valence-electron chi connectivity index (χ2n) is 3.16. The molecule has 1 aliphatic heterocycles. The summed E-state index contributed by atoms with van der Waals surface area (Å²) in [5, 5.41) is 27.4. The molecule has 5 nitrogen and oxygen atoms in total. The van der Waals surface area contributed by atoms with E-state index in [0.717, 1.165) is 0 Å². The van der Waals surface area contributed by atoms with Crippen molar-refractivity contribution in [1.29, 1.82) is 0 Å². The van der Waals surface area contributed by atoms with E-state index in [2.05, 4.69) is 0 Å². The van der Waals surface area contributed by atoms with E-state index in [1.807, 2.05) is 0 Å². The molecule has 66 valence electrons. The van der Waals surface area contributed by atoms with Gasteiger partial charge in [0, 0.05) is 0 Å². The average Bonchev–Trinajstić information content (AvgIpc) is 2.16. The molecule has 1 rings (SSSR count). The fourth-order valence-corrected chi connectivity index (χ4v) is 1.10. The highest BCUT2D eigenvalue weighted by Gasteiger charge is 2.52. The molecule has 1 heterocycles. The van der Waals surface area contributed by atoms with Crippen molar-refractivity contribution < 1.29 is 20.1 Å². The molecule has 0 amide bonds. The maximum Gasteiger partial charge on any atom is 0.169 e. The first kappa shape index (κ1) is 8.89. The quantitative estimate of drug-likeness (QED) is 0.351. The van der Waals surface area contributed by atoms with Gasteiger partial charge in [-0.2, -0.15) is 0 Å². The molecule has 1 saturated heterocycles. The maximum atomic E-state index is 9.36. The normalized spacial score (nSPS) is 51.5. The van der Waals surface area contributed by atoms with Gasteiger partial charge in [0.2, 0.25) is 0 Å². The number of aliphatic hydroxyl groups excluding tert-OH is 2. The fourth-order valence-electron chi connectivity index (χ4n) is 1.10. The van der Waals surface area contributed by atoms with Crippen molar-refractivity contribution >= 4 is 0 Å². The minimum atomic E-state index is -1.51. The Morgan fingerprint density at radius 1 is 1.73 bits per heavy atom. The molecule has 0 aromatic carbocycles. The van der Waals surface area contributed by atoms with E-state index in [0.29, 0.717) is 0 Å². The Kier molecular flexibility index (Phi) is 1.94. The van der Waals surface area contributed by atoms with Crippen LogP contribution >= 0.6 is 0 Å². The molecule has 11 heavy (non-hydrogen) atoms. The number of nitrogens with two attached hydrogens (primary N) is 1. The summed E-state index contributed by atoms with van der Waals surface area (Å²) in [5.74, 6) is 0. The van der Waals surface area contributed by atoms with Gasteiger partial charge in [0.15, 0.2) is 5.72 Å². The molecule has 3 atom stereocenters. The number of aliphatic hydroxyl groups is 3. The SMILES string of the molecule is C[C@]1(O)CO[C@](N)(CO)[C@H]1O. The third-order valence-corrected chi connectivity index (χ3v) is 1.93. The van der Waals surface area contributed by atoms with Gasteiger partial charge in [0.1, 0.15) is 11.7 Å². The Morgan fingerprint density at radius 2 is 2.27 bits per heavy atom. The highest BCUT2D eigenvalue weighted by molar-refractivity contribution is 5.00. The van der Waals surface area contributed by atoms with Crippen LogP contribution in [0, 0.1) is 0 Å². The molecule has 1 fully saturated rings. The van der Waals surface area contributed by atoms with Gasteiger partial charge in [-0.1, -0.05) is 0 Å². The fraction of sp³-hybridized carbons (Fsp3) is 1.00. The summed E-state index contributed by atoms with van der Waals surface area (Å²) in [5.41, 5.74) is 2.52. The molecule has 5 N–H and O–H groups in total. The first-order valence-corrected chi connectivity index (χ1v) is 3.36. The van der Waals surface area contributed by atoms with Crippen molar-refractivity contribution in [3.63, 3.8) is 0 Å². The summed E-state index contributed by atoms with van der Waals surface area (Å²) in [7, 11) is 0. The zero-order valence-electron chi connectivity index (χ0n) is 6.32. The van der Waals surface area contributed by atoms with E-state index >= 15 is 0 Å². The first-order valence-electron chi connectivity index (χ1n) is 3.36. The summed E-state index contributed by atoms with van der Waals surface area (Å²) in [6.07, 6.45) is -1.25.